The molecule has 0 saturated carbocycles. The first-order valence-corrected chi connectivity index (χ1v) is 8.83. The van der Waals surface area contributed by atoms with E-state index in [-0.39, 0.29) is 19.6 Å². The van der Waals surface area contributed by atoms with Gasteiger partial charge in [-0.1, -0.05) is 0 Å². The zero-order valence-corrected chi connectivity index (χ0v) is 15.2. The Hall–Kier alpha value is -1.77. The molecule has 24 heavy (non-hydrogen) atoms. The summed E-state index contributed by atoms with van der Waals surface area (Å²) < 4.78 is 9.76. The molecule has 0 aliphatic carbocycles. The summed E-state index contributed by atoms with van der Waals surface area (Å²) in [6, 6.07) is -0.697. The third-order valence-electron chi connectivity index (χ3n) is 3.25. The van der Waals surface area contributed by atoms with Crippen molar-refractivity contribution in [1.82, 2.24) is 10.6 Å². The van der Waals surface area contributed by atoms with Crippen LogP contribution in [0.3, 0.4) is 0 Å². The highest BCUT2D eigenvalue weighted by molar-refractivity contribution is 8.00. The SMILES string of the molecule is CCOC(=O)[C@@H]1CS[C@H](CC(=O)NC(C)(C)C(=O)OCC)C(=O)N1. The van der Waals surface area contributed by atoms with E-state index in [1.54, 1.807) is 13.8 Å². The lowest BCUT2D eigenvalue weighted by Crippen LogP contribution is -2.54. The fourth-order valence-electron chi connectivity index (χ4n) is 2.05. The van der Waals surface area contributed by atoms with Crippen LogP contribution >= 0.6 is 11.8 Å². The van der Waals surface area contributed by atoms with E-state index in [1.807, 2.05) is 0 Å². The lowest BCUT2D eigenvalue weighted by molar-refractivity contribution is -0.151. The first-order chi connectivity index (χ1) is 11.2. The molecule has 1 fully saturated rings. The van der Waals surface area contributed by atoms with Gasteiger partial charge in [0.15, 0.2) is 0 Å². The van der Waals surface area contributed by atoms with Gasteiger partial charge in [0.25, 0.3) is 0 Å². The van der Waals surface area contributed by atoms with E-state index in [9.17, 15) is 19.2 Å². The fourth-order valence-corrected chi connectivity index (χ4v) is 3.18. The maximum absolute atomic E-state index is 12.1. The number of rotatable bonds is 7. The van der Waals surface area contributed by atoms with Gasteiger partial charge in [0.2, 0.25) is 11.8 Å². The summed E-state index contributed by atoms with van der Waals surface area (Å²) in [7, 11) is 0. The van der Waals surface area contributed by atoms with Gasteiger partial charge >= 0.3 is 11.9 Å². The number of amides is 2. The third-order valence-corrected chi connectivity index (χ3v) is 4.56. The Morgan fingerprint density at radius 3 is 2.42 bits per heavy atom. The fraction of sp³-hybridized carbons (Fsp3) is 0.733. The van der Waals surface area contributed by atoms with Gasteiger partial charge in [-0.15, -0.1) is 11.8 Å². The lowest BCUT2D eigenvalue weighted by atomic mass is 10.1. The molecule has 2 amide bonds. The maximum atomic E-state index is 12.1. The minimum absolute atomic E-state index is 0.0884. The van der Waals surface area contributed by atoms with Gasteiger partial charge in [0.1, 0.15) is 11.6 Å². The molecule has 1 heterocycles. The molecule has 8 nitrogen and oxygen atoms in total. The monoisotopic (exact) mass is 360 g/mol. The van der Waals surface area contributed by atoms with E-state index < -0.39 is 40.6 Å². The van der Waals surface area contributed by atoms with Crippen molar-refractivity contribution in [2.75, 3.05) is 19.0 Å². The Balaban J connectivity index is 2.53. The molecule has 0 aromatic rings. The Kier molecular flexibility index (Phi) is 7.53. The van der Waals surface area contributed by atoms with Crippen LogP contribution in [0.4, 0.5) is 0 Å². The Labute approximate surface area is 145 Å². The van der Waals surface area contributed by atoms with Crippen LogP contribution in [-0.4, -0.2) is 59.6 Å². The molecule has 0 spiro atoms. The van der Waals surface area contributed by atoms with Gasteiger partial charge in [-0.2, -0.15) is 0 Å². The summed E-state index contributed by atoms with van der Waals surface area (Å²) >= 11 is 1.22. The molecule has 9 heteroatoms. The first kappa shape index (κ1) is 20.3. The van der Waals surface area contributed by atoms with Crippen LogP contribution in [-0.2, 0) is 28.7 Å². The average Bonchev–Trinajstić information content (AvgIpc) is 2.49. The molecule has 1 aliphatic heterocycles. The minimum atomic E-state index is -1.17. The predicted octanol–water partition coefficient (Wildman–Crippen LogP) is -0.00230. The summed E-state index contributed by atoms with van der Waals surface area (Å²) in [6.07, 6.45) is -0.0884. The second-order valence-electron chi connectivity index (χ2n) is 5.73. The summed E-state index contributed by atoms with van der Waals surface area (Å²) in [5, 5.41) is 4.50. The predicted molar refractivity (Wildman–Crippen MR) is 88.3 cm³/mol. The molecular weight excluding hydrogens is 336 g/mol. The van der Waals surface area contributed by atoms with Gasteiger partial charge in [-0.05, 0) is 27.7 Å². The highest BCUT2D eigenvalue weighted by atomic mass is 32.2. The number of nitrogens with one attached hydrogen (secondary N) is 2. The number of carbonyl (C=O) groups excluding carboxylic acids is 4. The standard InChI is InChI=1S/C15H24N2O6S/c1-5-22-13(20)9-8-24-10(12(19)16-9)7-11(18)17-15(3,4)14(21)23-6-2/h9-10H,5-8H2,1-4H3,(H,16,19)(H,17,18)/t9-,10+/m0/s1. The quantitative estimate of drug-likeness (QED) is 0.615. The van der Waals surface area contributed by atoms with Gasteiger partial charge < -0.3 is 20.1 Å². The van der Waals surface area contributed by atoms with Crippen LogP contribution in [0.2, 0.25) is 0 Å². The minimum Gasteiger partial charge on any atom is -0.464 e. The van der Waals surface area contributed by atoms with E-state index in [2.05, 4.69) is 10.6 Å². The van der Waals surface area contributed by atoms with Crippen LogP contribution in [0.1, 0.15) is 34.1 Å². The molecule has 2 atom stereocenters. The number of thioether (sulfide) groups is 1. The van der Waals surface area contributed by atoms with E-state index in [1.165, 1.54) is 25.6 Å². The zero-order chi connectivity index (χ0) is 18.3. The first-order valence-electron chi connectivity index (χ1n) is 7.78. The Bertz CT molecular complexity index is 508. The summed E-state index contributed by atoms with van der Waals surface area (Å²) in [5.74, 6) is -1.51. The Morgan fingerprint density at radius 1 is 1.25 bits per heavy atom. The smallest absolute Gasteiger partial charge is 0.331 e. The molecule has 0 bridgehead atoms. The van der Waals surface area contributed by atoms with Crippen molar-refractivity contribution in [3.63, 3.8) is 0 Å². The van der Waals surface area contributed by atoms with Crippen molar-refractivity contribution in [3.05, 3.63) is 0 Å². The molecule has 1 saturated heterocycles. The molecule has 0 aromatic carbocycles. The number of hydrogen-bond donors (Lipinski definition) is 2. The average molecular weight is 360 g/mol. The molecular formula is C15H24N2O6S. The molecule has 0 radical (unpaired) electrons. The number of hydrogen-bond acceptors (Lipinski definition) is 7. The molecule has 0 aromatic heterocycles. The molecule has 2 N–H and O–H groups in total. The van der Waals surface area contributed by atoms with Gasteiger partial charge in [0, 0.05) is 12.2 Å². The normalized spacial score (nSPS) is 20.8. The second-order valence-corrected chi connectivity index (χ2v) is 6.97. The second kappa shape index (κ2) is 8.91. The number of carbonyl (C=O) groups is 4. The summed E-state index contributed by atoms with van der Waals surface area (Å²) in [6.45, 7) is 6.90. The molecule has 136 valence electrons. The number of esters is 2. The van der Waals surface area contributed by atoms with Gasteiger partial charge in [0.05, 0.1) is 18.5 Å². The largest absolute Gasteiger partial charge is 0.464 e. The third kappa shape index (κ3) is 5.70. The topological polar surface area (TPSA) is 111 Å². The summed E-state index contributed by atoms with van der Waals surface area (Å²) in [5.41, 5.74) is -1.17. The van der Waals surface area contributed by atoms with Gasteiger partial charge in [-0.3, -0.25) is 9.59 Å². The van der Waals surface area contributed by atoms with E-state index in [4.69, 9.17) is 9.47 Å². The van der Waals surface area contributed by atoms with Crippen molar-refractivity contribution < 1.29 is 28.7 Å². The van der Waals surface area contributed by atoms with Crippen LogP contribution in [0.15, 0.2) is 0 Å². The van der Waals surface area contributed by atoms with E-state index in [0.29, 0.717) is 5.75 Å². The van der Waals surface area contributed by atoms with Crippen molar-refractivity contribution in [2.24, 2.45) is 0 Å². The molecule has 0 unspecified atom stereocenters. The highest BCUT2D eigenvalue weighted by Gasteiger charge is 2.36. The lowest BCUT2D eigenvalue weighted by Gasteiger charge is -2.28. The molecule has 1 aliphatic rings. The van der Waals surface area contributed by atoms with Crippen molar-refractivity contribution in [1.29, 1.82) is 0 Å². The van der Waals surface area contributed by atoms with Crippen molar-refractivity contribution in [3.8, 4) is 0 Å². The zero-order valence-electron chi connectivity index (χ0n) is 14.3. The van der Waals surface area contributed by atoms with E-state index >= 15 is 0 Å². The van der Waals surface area contributed by atoms with E-state index in [0.717, 1.165) is 0 Å². The Morgan fingerprint density at radius 2 is 1.88 bits per heavy atom. The van der Waals surface area contributed by atoms with Crippen LogP contribution in [0.25, 0.3) is 0 Å². The van der Waals surface area contributed by atoms with Crippen LogP contribution in [0, 0.1) is 0 Å². The molecule has 1 rings (SSSR count). The summed E-state index contributed by atoms with van der Waals surface area (Å²) in [4.78, 5) is 47.5. The number of ether oxygens (including phenoxy) is 2. The van der Waals surface area contributed by atoms with Crippen molar-refractivity contribution in [2.45, 2.75) is 50.9 Å². The highest BCUT2D eigenvalue weighted by Crippen LogP contribution is 2.22. The van der Waals surface area contributed by atoms with Crippen molar-refractivity contribution >= 4 is 35.5 Å². The maximum Gasteiger partial charge on any atom is 0.331 e. The van der Waals surface area contributed by atoms with Crippen LogP contribution < -0.4 is 10.6 Å². The van der Waals surface area contributed by atoms with Gasteiger partial charge in [-0.25, -0.2) is 9.59 Å². The van der Waals surface area contributed by atoms with Crippen LogP contribution in [0.5, 0.6) is 0 Å².